The van der Waals surface area contributed by atoms with E-state index in [1.807, 2.05) is 0 Å². The third-order valence-electron chi connectivity index (χ3n) is 3.87. The van der Waals surface area contributed by atoms with Gasteiger partial charge in [0.25, 0.3) is 0 Å². The van der Waals surface area contributed by atoms with E-state index in [1.165, 1.54) is 25.3 Å². The molecule has 0 heterocycles. The summed E-state index contributed by atoms with van der Waals surface area (Å²) in [7, 11) is -2.92. The zero-order chi connectivity index (χ0) is 21.8. The lowest BCUT2D eigenvalue weighted by atomic mass is 10.2. The number of benzene rings is 2. The highest BCUT2D eigenvalue weighted by Gasteiger charge is 2.28. The Morgan fingerprint density at radius 1 is 1.07 bits per heavy atom. The molecule has 0 fully saturated rings. The molecule has 2 aromatic carbocycles. The highest BCUT2D eigenvalue weighted by molar-refractivity contribution is 7.89. The fourth-order valence-corrected chi connectivity index (χ4v) is 4.83. The van der Waals surface area contributed by atoms with E-state index in [-0.39, 0.29) is 37.8 Å². The molecule has 2 rings (SSSR count). The predicted octanol–water partition coefficient (Wildman–Crippen LogP) is 4.08. The summed E-state index contributed by atoms with van der Waals surface area (Å²) in [6, 6.07) is 8.36. The number of hydrogen-bond acceptors (Lipinski definition) is 5. The highest BCUT2D eigenvalue weighted by atomic mass is 35.5. The van der Waals surface area contributed by atoms with Gasteiger partial charge >= 0.3 is 5.97 Å². The summed E-state index contributed by atoms with van der Waals surface area (Å²) >= 11 is 18.1. The third-order valence-corrected chi connectivity index (χ3v) is 6.90. The fraction of sp³-hybridized carbons (Fsp3) is 0.222. The minimum Gasteiger partial charge on any atom is -0.465 e. The number of rotatable bonds is 7. The van der Waals surface area contributed by atoms with Crippen LogP contribution in [-0.2, 0) is 19.6 Å². The normalized spacial score (nSPS) is 11.4. The molecule has 0 aliphatic rings. The first-order valence-corrected chi connectivity index (χ1v) is 10.8. The Morgan fingerprint density at radius 2 is 1.69 bits per heavy atom. The zero-order valence-electron chi connectivity index (χ0n) is 15.4. The van der Waals surface area contributed by atoms with Gasteiger partial charge in [0.2, 0.25) is 15.9 Å². The molecule has 0 unspecified atom stereocenters. The molecule has 0 saturated carbocycles. The summed E-state index contributed by atoms with van der Waals surface area (Å²) in [6.07, 6.45) is 0. The van der Waals surface area contributed by atoms with Gasteiger partial charge in [-0.05, 0) is 30.3 Å². The van der Waals surface area contributed by atoms with Crippen LogP contribution in [0.1, 0.15) is 17.3 Å². The molecule has 0 bridgehead atoms. The zero-order valence-corrected chi connectivity index (χ0v) is 18.5. The van der Waals surface area contributed by atoms with Crippen molar-refractivity contribution >= 4 is 62.4 Å². The van der Waals surface area contributed by atoms with Gasteiger partial charge in [-0.15, -0.1) is 0 Å². The van der Waals surface area contributed by atoms with E-state index >= 15 is 0 Å². The molecule has 0 aliphatic heterocycles. The number of likely N-dealkylation sites (N-methyl/N-ethyl adjacent to an activating group) is 1. The van der Waals surface area contributed by atoms with Crippen LogP contribution in [0.15, 0.2) is 41.3 Å². The number of sulfonamides is 1. The standard InChI is InChI=1S/C18H17Cl3N2O5S/c1-3-23(10-16(24)22-17-12(19)5-4-6-13(17)20)29(26,27)15-8-7-11(9-14(15)21)18(25)28-2/h4-9H,3,10H2,1-2H3,(H,22,24). The first kappa shape index (κ1) is 23.4. The summed E-state index contributed by atoms with van der Waals surface area (Å²) in [6.45, 7) is 1.08. The maximum Gasteiger partial charge on any atom is 0.337 e. The van der Waals surface area contributed by atoms with E-state index in [9.17, 15) is 18.0 Å². The van der Waals surface area contributed by atoms with Crippen molar-refractivity contribution in [1.29, 1.82) is 0 Å². The minimum absolute atomic E-state index is 0.00108. The molecule has 0 spiro atoms. The van der Waals surface area contributed by atoms with Crippen LogP contribution in [-0.4, -0.2) is 44.8 Å². The molecule has 1 amide bonds. The first-order valence-electron chi connectivity index (χ1n) is 8.23. The van der Waals surface area contributed by atoms with E-state index in [0.29, 0.717) is 0 Å². The smallest absolute Gasteiger partial charge is 0.337 e. The van der Waals surface area contributed by atoms with Crippen molar-refractivity contribution in [2.24, 2.45) is 0 Å². The average molecular weight is 480 g/mol. The van der Waals surface area contributed by atoms with Crippen molar-refractivity contribution < 1.29 is 22.7 Å². The second kappa shape index (κ2) is 9.77. The molecule has 156 valence electrons. The second-order valence-corrected chi connectivity index (χ2v) is 8.84. The van der Waals surface area contributed by atoms with Gasteiger partial charge in [-0.25, -0.2) is 13.2 Å². The second-order valence-electron chi connectivity index (χ2n) is 5.71. The number of anilines is 1. The van der Waals surface area contributed by atoms with Crippen LogP contribution >= 0.6 is 34.8 Å². The summed E-state index contributed by atoms with van der Waals surface area (Å²) < 4.78 is 31.4. The molecular weight excluding hydrogens is 463 g/mol. The number of carbonyl (C=O) groups excluding carboxylic acids is 2. The molecule has 0 saturated heterocycles. The SMILES string of the molecule is CCN(CC(=O)Nc1c(Cl)cccc1Cl)S(=O)(=O)c1ccc(C(=O)OC)cc1Cl. The van der Waals surface area contributed by atoms with Crippen molar-refractivity contribution in [2.75, 3.05) is 25.5 Å². The van der Waals surface area contributed by atoms with Gasteiger partial charge in [0.05, 0.1) is 40.0 Å². The topological polar surface area (TPSA) is 92.8 Å². The van der Waals surface area contributed by atoms with Crippen molar-refractivity contribution in [3.05, 3.63) is 57.0 Å². The minimum atomic E-state index is -4.12. The molecule has 2 aromatic rings. The number of halogens is 3. The van der Waals surface area contributed by atoms with E-state index in [2.05, 4.69) is 10.1 Å². The van der Waals surface area contributed by atoms with Gasteiger partial charge in [-0.1, -0.05) is 47.8 Å². The van der Waals surface area contributed by atoms with Crippen molar-refractivity contribution in [3.8, 4) is 0 Å². The largest absolute Gasteiger partial charge is 0.465 e. The Bertz CT molecular complexity index is 1020. The van der Waals surface area contributed by atoms with Crippen LogP contribution in [0.5, 0.6) is 0 Å². The number of carbonyl (C=O) groups is 2. The van der Waals surface area contributed by atoms with E-state index in [1.54, 1.807) is 25.1 Å². The average Bonchev–Trinajstić information content (AvgIpc) is 2.67. The summed E-state index contributed by atoms with van der Waals surface area (Å²) in [4.78, 5) is 23.7. The quantitative estimate of drug-likeness (QED) is 0.604. The number of esters is 1. The van der Waals surface area contributed by atoms with Gasteiger partial charge in [-0.3, -0.25) is 4.79 Å². The number of nitrogens with one attached hydrogen (secondary N) is 1. The number of methoxy groups -OCH3 is 1. The van der Waals surface area contributed by atoms with Crippen LogP contribution < -0.4 is 5.32 Å². The van der Waals surface area contributed by atoms with E-state index in [4.69, 9.17) is 34.8 Å². The maximum absolute atomic E-state index is 12.9. The fourth-order valence-electron chi connectivity index (χ4n) is 2.42. The molecule has 1 N–H and O–H groups in total. The van der Waals surface area contributed by atoms with Crippen LogP contribution in [0.25, 0.3) is 0 Å². The van der Waals surface area contributed by atoms with Gasteiger partial charge in [0.15, 0.2) is 0 Å². The van der Waals surface area contributed by atoms with Gasteiger partial charge < -0.3 is 10.1 Å². The van der Waals surface area contributed by atoms with Gasteiger partial charge in [0.1, 0.15) is 4.90 Å². The van der Waals surface area contributed by atoms with Crippen LogP contribution in [0, 0.1) is 0 Å². The third kappa shape index (κ3) is 5.40. The number of ether oxygens (including phenoxy) is 1. The Balaban J connectivity index is 2.26. The molecule has 11 heteroatoms. The number of hydrogen-bond donors (Lipinski definition) is 1. The van der Waals surface area contributed by atoms with Crippen LogP contribution in [0.4, 0.5) is 5.69 Å². The molecule has 0 atom stereocenters. The lowest BCUT2D eigenvalue weighted by Crippen LogP contribution is -2.38. The van der Waals surface area contributed by atoms with E-state index < -0.39 is 28.4 Å². The Kier molecular flexibility index (Phi) is 7.90. The summed E-state index contributed by atoms with van der Waals surface area (Å²) in [5.41, 5.74) is 0.292. The first-order chi connectivity index (χ1) is 13.6. The lowest BCUT2D eigenvalue weighted by molar-refractivity contribution is -0.116. The van der Waals surface area contributed by atoms with Crippen molar-refractivity contribution in [1.82, 2.24) is 4.31 Å². The number of para-hydroxylation sites is 1. The molecule has 0 aromatic heterocycles. The predicted molar refractivity (Wildman–Crippen MR) is 112 cm³/mol. The van der Waals surface area contributed by atoms with Crippen molar-refractivity contribution in [2.45, 2.75) is 11.8 Å². The monoisotopic (exact) mass is 478 g/mol. The van der Waals surface area contributed by atoms with Gasteiger partial charge in [0, 0.05) is 6.54 Å². The van der Waals surface area contributed by atoms with Gasteiger partial charge in [-0.2, -0.15) is 4.31 Å². The van der Waals surface area contributed by atoms with Crippen molar-refractivity contribution in [3.63, 3.8) is 0 Å². The van der Waals surface area contributed by atoms with Crippen LogP contribution in [0.3, 0.4) is 0 Å². The highest BCUT2D eigenvalue weighted by Crippen LogP contribution is 2.30. The molecule has 0 aliphatic carbocycles. The molecule has 7 nitrogen and oxygen atoms in total. The van der Waals surface area contributed by atoms with E-state index in [0.717, 1.165) is 4.31 Å². The molecular formula is C18H17Cl3N2O5S. The summed E-state index contributed by atoms with van der Waals surface area (Å²) in [5.74, 6) is -1.29. The lowest BCUT2D eigenvalue weighted by Gasteiger charge is -2.21. The Morgan fingerprint density at radius 3 is 2.21 bits per heavy atom. The molecule has 29 heavy (non-hydrogen) atoms. The molecule has 0 radical (unpaired) electrons. The maximum atomic E-state index is 12.9. The van der Waals surface area contributed by atoms with Crippen LogP contribution in [0.2, 0.25) is 15.1 Å². The number of nitrogens with zero attached hydrogens (tertiary/aromatic N) is 1. The summed E-state index contributed by atoms with van der Waals surface area (Å²) in [5, 5.41) is 2.79. The Hall–Kier alpha value is -1.84. The number of amides is 1. The Labute approximate surface area is 183 Å².